The molecule has 2 fully saturated rings. The number of hydrogen-bond acceptors (Lipinski definition) is 5. The topological polar surface area (TPSA) is 81.8 Å². The fourth-order valence-electron chi connectivity index (χ4n) is 5.40. The second-order valence-corrected chi connectivity index (χ2v) is 10.5. The van der Waals surface area contributed by atoms with Gasteiger partial charge in [0.05, 0.1) is 18.5 Å². The van der Waals surface area contributed by atoms with E-state index in [0.717, 1.165) is 42.5 Å². The Kier molecular flexibility index (Phi) is 7.69. The van der Waals surface area contributed by atoms with Crippen molar-refractivity contribution in [2.45, 2.75) is 56.9 Å². The van der Waals surface area contributed by atoms with Crippen molar-refractivity contribution in [1.82, 2.24) is 19.4 Å². The van der Waals surface area contributed by atoms with Gasteiger partial charge >= 0.3 is 0 Å². The molecule has 1 amide bonds. The molecule has 0 atom stereocenters. The van der Waals surface area contributed by atoms with Gasteiger partial charge in [-0.1, -0.05) is 30.3 Å². The fraction of sp³-hybridized carbons (Fsp3) is 0.448. The lowest BCUT2D eigenvalue weighted by atomic mass is 9.91. The molecule has 2 N–H and O–H groups in total. The molecule has 0 unspecified atom stereocenters. The van der Waals surface area contributed by atoms with Crippen LogP contribution in [0.3, 0.4) is 0 Å². The number of imidazole rings is 1. The van der Waals surface area contributed by atoms with Crippen molar-refractivity contribution in [3.63, 3.8) is 0 Å². The minimum atomic E-state index is -0.320. The van der Waals surface area contributed by atoms with Crippen LogP contribution in [0, 0.1) is 5.82 Å². The Hall–Kier alpha value is -3.07. The number of carbonyl (C=O) groups is 1. The second-order valence-electron chi connectivity index (χ2n) is 10.5. The van der Waals surface area contributed by atoms with Crippen LogP contribution in [0.15, 0.2) is 55.0 Å². The van der Waals surface area contributed by atoms with E-state index in [4.69, 9.17) is 0 Å². The lowest BCUT2D eigenvalue weighted by Gasteiger charge is -2.35. The quantitative estimate of drug-likeness (QED) is 0.490. The van der Waals surface area contributed by atoms with Crippen LogP contribution in [0.2, 0.25) is 0 Å². The number of aliphatic hydroxyl groups is 2. The van der Waals surface area contributed by atoms with Crippen LogP contribution >= 0.6 is 0 Å². The second kappa shape index (κ2) is 11.1. The molecule has 1 saturated carbocycles. The summed E-state index contributed by atoms with van der Waals surface area (Å²) < 4.78 is 16.8. The number of benzene rings is 2. The summed E-state index contributed by atoms with van der Waals surface area (Å²) in [6.45, 7) is 2.64. The van der Waals surface area contributed by atoms with E-state index in [9.17, 15) is 15.0 Å². The molecule has 0 radical (unpaired) electrons. The Labute approximate surface area is 217 Å². The third-order valence-electron chi connectivity index (χ3n) is 7.57. The molecule has 3 aromatic rings. The van der Waals surface area contributed by atoms with E-state index < -0.39 is 0 Å². The highest BCUT2D eigenvalue weighted by Crippen LogP contribution is 2.29. The summed E-state index contributed by atoms with van der Waals surface area (Å²) in [6.07, 6.45) is 6.40. The summed E-state index contributed by atoms with van der Waals surface area (Å²) in [4.78, 5) is 21.8. The summed E-state index contributed by atoms with van der Waals surface area (Å²) in [7, 11) is 1.83. The molecule has 2 heterocycles. The van der Waals surface area contributed by atoms with Crippen molar-refractivity contribution >= 4 is 5.91 Å². The van der Waals surface area contributed by atoms with Crippen LogP contribution in [0.25, 0.3) is 11.1 Å². The Morgan fingerprint density at radius 1 is 1.05 bits per heavy atom. The third-order valence-corrected chi connectivity index (χ3v) is 7.57. The third kappa shape index (κ3) is 6.09. The maximum absolute atomic E-state index is 15.0. The smallest absolute Gasteiger partial charge is 0.274 e. The first-order chi connectivity index (χ1) is 17.9. The molecule has 196 valence electrons. The van der Waals surface area contributed by atoms with Crippen molar-refractivity contribution in [2.75, 3.05) is 19.6 Å². The number of hydrogen-bond donors (Lipinski definition) is 2. The first kappa shape index (κ1) is 25.6. The minimum absolute atomic E-state index is 0.00485. The molecule has 1 aliphatic carbocycles. The van der Waals surface area contributed by atoms with Gasteiger partial charge in [-0.05, 0) is 60.9 Å². The van der Waals surface area contributed by atoms with Crippen molar-refractivity contribution in [1.29, 1.82) is 0 Å². The Balaban J connectivity index is 1.36. The Bertz CT molecular complexity index is 1230. The molecule has 0 spiro atoms. The van der Waals surface area contributed by atoms with Gasteiger partial charge in [0.1, 0.15) is 11.5 Å². The van der Waals surface area contributed by atoms with E-state index in [-0.39, 0.29) is 30.0 Å². The highest BCUT2D eigenvalue weighted by atomic mass is 19.1. The number of nitrogens with zero attached hydrogens (tertiary/aromatic N) is 4. The van der Waals surface area contributed by atoms with Gasteiger partial charge in [0.15, 0.2) is 0 Å². The summed E-state index contributed by atoms with van der Waals surface area (Å²) in [5.41, 5.74) is 3.69. The van der Waals surface area contributed by atoms with Crippen LogP contribution in [0.4, 0.5) is 4.39 Å². The lowest BCUT2D eigenvalue weighted by molar-refractivity contribution is 0.00310. The van der Waals surface area contributed by atoms with Gasteiger partial charge in [-0.2, -0.15) is 0 Å². The standard InChI is InChI=1S/C29H35FN4O3/c1-32-18-28(31-19-32)29(37)34(23-6-8-24(35)9-7-23)15-21-5-10-27(30)26(14-21)22-4-2-3-20(13-22)11-12-33-16-25(36)17-33/h2-5,10,13-14,18-19,23-25,35-36H,6-9,11-12,15-17H2,1H3. The summed E-state index contributed by atoms with van der Waals surface area (Å²) >= 11 is 0. The summed E-state index contributed by atoms with van der Waals surface area (Å²) in [5.74, 6) is -0.443. The van der Waals surface area contributed by atoms with Gasteiger partial charge in [0.2, 0.25) is 0 Å². The van der Waals surface area contributed by atoms with Crippen LogP contribution in [-0.2, 0) is 20.0 Å². The van der Waals surface area contributed by atoms with Crippen molar-refractivity contribution in [3.8, 4) is 11.1 Å². The van der Waals surface area contributed by atoms with Gasteiger partial charge in [-0.15, -0.1) is 0 Å². The average Bonchev–Trinajstić information content (AvgIpc) is 3.32. The number of likely N-dealkylation sites (tertiary alicyclic amines) is 1. The largest absolute Gasteiger partial charge is 0.393 e. The van der Waals surface area contributed by atoms with E-state index in [1.807, 2.05) is 42.3 Å². The van der Waals surface area contributed by atoms with Crippen molar-refractivity contribution in [3.05, 3.63) is 77.6 Å². The molecule has 37 heavy (non-hydrogen) atoms. The van der Waals surface area contributed by atoms with Crippen LogP contribution in [0.5, 0.6) is 0 Å². The minimum Gasteiger partial charge on any atom is -0.393 e. The number of aromatic nitrogens is 2. The lowest BCUT2D eigenvalue weighted by Crippen LogP contribution is -2.51. The number of aliphatic hydroxyl groups excluding tert-OH is 2. The van der Waals surface area contributed by atoms with E-state index in [0.29, 0.717) is 43.7 Å². The van der Waals surface area contributed by atoms with E-state index >= 15 is 4.39 Å². The normalized spacial score (nSPS) is 20.5. The molecular weight excluding hydrogens is 471 g/mol. The van der Waals surface area contributed by atoms with Gasteiger partial charge in [0, 0.05) is 51.0 Å². The van der Waals surface area contributed by atoms with Crippen molar-refractivity contribution in [2.24, 2.45) is 7.05 Å². The number of amides is 1. The molecule has 5 rings (SSSR count). The van der Waals surface area contributed by atoms with E-state index in [2.05, 4.69) is 9.88 Å². The van der Waals surface area contributed by atoms with Crippen LogP contribution < -0.4 is 0 Å². The zero-order valence-corrected chi connectivity index (χ0v) is 21.3. The average molecular weight is 507 g/mol. The Morgan fingerprint density at radius 3 is 2.54 bits per heavy atom. The monoisotopic (exact) mass is 506 g/mol. The number of carbonyl (C=O) groups excluding carboxylic acids is 1. The molecule has 2 aromatic carbocycles. The van der Waals surface area contributed by atoms with Gasteiger partial charge in [0.25, 0.3) is 5.91 Å². The molecule has 1 saturated heterocycles. The molecule has 2 aliphatic rings. The highest BCUT2D eigenvalue weighted by Gasteiger charge is 2.30. The van der Waals surface area contributed by atoms with E-state index in [1.165, 1.54) is 6.07 Å². The molecule has 1 aromatic heterocycles. The van der Waals surface area contributed by atoms with Gasteiger partial charge in [-0.25, -0.2) is 9.37 Å². The van der Waals surface area contributed by atoms with Gasteiger partial charge in [-0.3, -0.25) is 9.69 Å². The number of halogens is 1. The molecule has 8 heteroatoms. The molecule has 7 nitrogen and oxygen atoms in total. The Morgan fingerprint density at radius 2 is 1.84 bits per heavy atom. The highest BCUT2D eigenvalue weighted by molar-refractivity contribution is 5.92. The predicted molar refractivity (Wildman–Crippen MR) is 139 cm³/mol. The maximum Gasteiger partial charge on any atom is 0.274 e. The number of rotatable bonds is 8. The van der Waals surface area contributed by atoms with Crippen LogP contribution in [0.1, 0.15) is 47.3 Å². The van der Waals surface area contributed by atoms with E-state index in [1.54, 1.807) is 23.2 Å². The SMILES string of the molecule is Cn1cnc(C(=O)N(Cc2ccc(F)c(-c3cccc(CCN4CC(O)C4)c3)c2)C2CCC(O)CC2)c1. The molecular formula is C29H35FN4O3. The van der Waals surface area contributed by atoms with Gasteiger partial charge < -0.3 is 19.7 Å². The zero-order chi connectivity index (χ0) is 25.9. The predicted octanol–water partition coefficient (Wildman–Crippen LogP) is 3.39. The molecule has 1 aliphatic heterocycles. The first-order valence-corrected chi connectivity index (χ1v) is 13.1. The maximum atomic E-state index is 15.0. The molecule has 0 bridgehead atoms. The number of β-amino-alcohol motifs (C(OH)–C–C–N with tert-alkyl or cyclic N) is 1. The summed E-state index contributed by atoms with van der Waals surface area (Å²) in [5, 5.41) is 19.5. The van der Waals surface area contributed by atoms with Crippen molar-refractivity contribution < 1.29 is 19.4 Å². The first-order valence-electron chi connectivity index (χ1n) is 13.1. The fourth-order valence-corrected chi connectivity index (χ4v) is 5.40. The number of aryl methyl sites for hydroxylation is 1. The van der Waals surface area contributed by atoms with Crippen LogP contribution in [-0.4, -0.2) is 73.4 Å². The summed E-state index contributed by atoms with van der Waals surface area (Å²) in [6, 6.07) is 13.0. The zero-order valence-electron chi connectivity index (χ0n) is 21.3.